The van der Waals surface area contributed by atoms with Gasteiger partial charge in [-0.2, -0.15) is 0 Å². The van der Waals surface area contributed by atoms with Crippen molar-refractivity contribution >= 4 is 5.71 Å². The molecule has 0 heterocycles. The average molecular weight is 98.1 g/mol. The zero-order valence-corrected chi connectivity index (χ0v) is 4.68. The van der Waals surface area contributed by atoms with Crippen LogP contribution in [0.4, 0.5) is 0 Å². The van der Waals surface area contributed by atoms with E-state index in [0.29, 0.717) is 0 Å². The fraction of sp³-hybridized carbons (Fsp3) is 0.400. The fourth-order valence-electron chi connectivity index (χ4n) is 0.214. The van der Waals surface area contributed by atoms with Gasteiger partial charge in [-0.25, -0.2) is 0 Å². The summed E-state index contributed by atoms with van der Waals surface area (Å²) in [5.74, 6) is 0. The molecule has 0 rings (SSSR count). The van der Waals surface area contributed by atoms with E-state index in [1.54, 1.807) is 13.1 Å². The number of hydrogen-bond donors (Lipinski definition) is 1. The molecule has 0 unspecified atom stereocenters. The molecule has 0 fully saturated rings. The van der Waals surface area contributed by atoms with Gasteiger partial charge in [-0.3, -0.25) is 4.99 Å². The maximum Gasteiger partial charge on any atom is 0.0328 e. The molecule has 0 aliphatic heterocycles. The summed E-state index contributed by atoms with van der Waals surface area (Å²) in [6.07, 6.45) is 3.22. The number of nitrogens with zero attached hydrogens (tertiary/aromatic N) is 1. The molecular formula is C5H10N2. The van der Waals surface area contributed by atoms with Crippen molar-refractivity contribution < 1.29 is 0 Å². The first-order valence-electron chi connectivity index (χ1n) is 2.13. The minimum absolute atomic E-state index is 0.947. The highest BCUT2D eigenvalue weighted by molar-refractivity contribution is 5.92. The summed E-state index contributed by atoms with van der Waals surface area (Å²) in [4.78, 5) is 3.83. The van der Waals surface area contributed by atoms with Crippen molar-refractivity contribution in [2.75, 3.05) is 7.05 Å². The highest BCUT2D eigenvalue weighted by atomic mass is 14.7. The highest BCUT2D eigenvalue weighted by Crippen LogP contribution is 1.72. The number of rotatable bonds is 1. The molecule has 2 heteroatoms. The van der Waals surface area contributed by atoms with E-state index >= 15 is 0 Å². The standard InChI is InChI=1S/C5H10N2/c1-5(7-2)3-4-6/h3-4H,6H2,1-2H3/b4-3-,7-5?. The van der Waals surface area contributed by atoms with Gasteiger partial charge in [0.2, 0.25) is 0 Å². The summed E-state index contributed by atoms with van der Waals surface area (Å²) in [6, 6.07) is 0. The second kappa shape index (κ2) is 3.40. The van der Waals surface area contributed by atoms with E-state index in [-0.39, 0.29) is 0 Å². The SMILES string of the molecule is CN=C(C)/C=C\N. The van der Waals surface area contributed by atoms with Gasteiger partial charge in [0, 0.05) is 12.8 Å². The van der Waals surface area contributed by atoms with Gasteiger partial charge in [0.1, 0.15) is 0 Å². The number of nitrogens with two attached hydrogens (primary N) is 1. The molecule has 0 aromatic carbocycles. The summed E-state index contributed by atoms with van der Waals surface area (Å²) in [6.45, 7) is 1.89. The molecule has 0 spiro atoms. The van der Waals surface area contributed by atoms with Crippen LogP contribution in [0.15, 0.2) is 17.3 Å². The maximum atomic E-state index is 5.04. The molecule has 0 atom stereocenters. The molecular weight excluding hydrogens is 88.1 g/mol. The van der Waals surface area contributed by atoms with Crippen molar-refractivity contribution in [3.63, 3.8) is 0 Å². The Balaban J connectivity index is 3.58. The normalized spacial score (nSPS) is 13.1. The maximum absolute atomic E-state index is 5.04. The van der Waals surface area contributed by atoms with E-state index in [1.165, 1.54) is 6.20 Å². The van der Waals surface area contributed by atoms with E-state index < -0.39 is 0 Å². The zero-order chi connectivity index (χ0) is 5.70. The Morgan fingerprint density at radius 2 is 2.29 bits per heavy atom. The van der Waals surface area contributed by atoms with E-state index in [0.717, 1.165) is 5.71 Å². The molecule has 2 N–H and O–H groups in total. The van der Waals surface area contributed by atoms with Gasteiger partial charge in [0.25, 0.3) is 0 Å². The van der Waals surface area contributed by atoms with Crippen LogP contribution in [0.2, 0.25) is 0 Å². The predicted molar refractivity (Wildman–Crippen MR) is 32.4 cm³/mol. The van der Waals surface area contributed by atoms with Crippen molar-refractivity contribution in [3.05, 3.63) is 12.3 Å². The van der Waals surface area contributed by atoms with Gasteiger partial charge >= 0.3 is 0 Å². The van der Waals surface area contributed by atoms with Crippen LogP contribution >= 0.6 is 0 Å². The van der Waals surface area contributed by atoms with Gasteiger partial charge < -0.3 is 5.73 Å². The molecule has 0 bridgehead atoms. The first-order chi connectivity index (χ1) is 3.31. The second-order valence-electron chi connectivity index (χ2n) is 1.22. The minimum atomic E-state index is 0.947. The largest absolute Gasteiger partial charge is 0.405 e. The summed E-state index contributed by atoms with van der Waals surface area (Å²) in [5.41, 5.74) is 5.99. The molecule has 0 amide bonds. The smallest absolute Gasteiger partial charge is 0.0328 e. The van der Waals surface area contributed by atoms with Crippen LogP contribution in [0.25, 0.3) is 0 Å². The lowest BCUT2D eigenvalue weighted by molar-refractivity contribution is 1.43. The van der Waals surface area contributed by atoms with E-state index in [1.807, 2.05) is 6.92 Å². The summed E-state index contributed by atoms with van der Waals surface area (Å²) in [5, 5.41) is 0. The lowest BCUT2D eigenvalue weighted by atomic mass is 10.4. The van der Waals surface area contributed by atoms with Crippen molar-refractivity contribution in [1.29, 1.82) is 0 Å². The molecule has 0 aliphatic carbocycles. The lowest BCUT2D eigenvalue weighted by Crippen LogP contribution is -1.85. The summed E-state index contributed by atoms with van der Waals surface area (Å²) < 4.78 is 0. The quantitative estimate of drug-likeness (QED) is 0.478. The number of hydrogen-bond acceptors (Lipinski definition) is 2. The van der Waals surface area contributed by atoms with Gasteiger partial charge in [-0.1, -0.05) is 0 Å². The molecule has 0 saturated heterocycles. The molecule has 2 nitrogen and oxygen atoms in total. The predicted octanol–water partition coefficient (Wildman–Crippen LogP) is 0.550. The Morgan fingerprint density at radius 3 is 2.43 bits per heavy atom. The third kappa shape index (κ3) is 3.03. The Kier molecular flexibility index (Phi) is 3.02. The first kappa shape index (κ1) is 6.21. The van der Waals surface area contributed by atoms with Crippen molar-refractivity contribution in [2.45, 2.75) is 6.92 Å². The Morgan fingerprint density at radius 1 is 1.71 bits per heavy atom. The van der Waals surface area contributed by atoms with Crippen LogP contribution in [0.1, 0.15) is 6.92 Å². The van der Waals surface area contributed by atoms with Crippen molar-refractivity contribution in [1.82, 2.24) is 0 Å². The topological polar surface area (TPSA) is 38.4 Å². The number of allylic oxidation sites excluding steroid dienone is 1. The third-order valence-electron chi connectivity index (χ3n) is 0.690. The van der Waals surface area contributed by atoms with Crippen molar-refractivity contribution in [2.24, 2.45) is 10.7 Å². The fourth-order valence-corrected chi connectivity index (χ4v) is 0.214. The van der Waals surface area contributed by atoms with E-state index in [4.69, 9.17) is 5.73 Å². The molecule has 0 radical (unpaired) electrons. The Labute approximate surface area is 43.7 Å². The molecule has 0 aromatic rings. The van der Waals surface area contributed by atoms with Gasteiger partial charge in [0.15, 0.2) is 0 Å². The van der Waals surface area contributed by atoms with Crippen LogP contribution in [-0.2, 0) is 0 Å². The van der Waals surface area contributed by atoms with E-state index in [2.05, 4.69) is 4.99 Å². The van der Waals surface area contributed by atoms with E-state index in [9.17, 15) is 0 Å². The summed E-state index contributed by atoms with van der Waals surface area (Å²) >= 11 is 0. The molecule has 40 valence electrons. The molecule has 0 aromatic heterocycles. The van der Waals surface area contributed by atoms with Gasteiger partial charge in [-0.15, -0.1) is 0 Å². The minimum Gasteiger partial charge on any atom is -0.405 e. The third-order valence-corrected chi connectivity index (χ3v) is 0.690. The monoisotopic (exact) mass is 98.1 g/mol. The highest BCUT2D eigenvalue weighted by Gasteiger charge is 1.71. The lowest BCUT2D eigenvalue weighted by Gasteiger charge is -1.80. The number of aliphatic imine (C=N–C) groups is 1. The van der Waals surface area contributed by atoms with Gasteiger partial charge in [-0.05, 0) is 19.2 Å². The Hall–Kier alpha value is -0.790. The Bertz CT molecular complexity index is 92.3. The van der Waals surface area contributed by atoms with Crippen LogP contribution < -0.4 is 5.73 Å². The van der Waals surface area contributed by atoms with Crippen LogP contribution in [0.3, 0.4) is 0 Å². The molecule has 0 aliphatic rings. The summed E-state index contributed by atoms with van der Waals surface area (Å²) in [7, 11) is 1.73. The van der Waals surface area contributed by atoms with Crippen molar-refractivity contribution in [3.8, 4) is 0 Å². The average Bonchev–Trinajstić information content (AvgIpc) is 1.68. The molecule has 0 saturated carbocycles. The van der Waals surface area contributed by atoms with Crippen LogP contribution in [0, 0.1) is 0 Å². The first-order valence-corrected chi connectivity index (χ1v) is 2.13. The second-order valence-corrected chi connectivity index (χ2v) is 1.22. The van der Waals surface area contributed by atoms with Crippen LogP contribution in [-0.4, -0.2) is 12.8 Å². The van der Waals surface area contributed by atoms with Gasteiger partial charge in [0.05, 0.1) is 0 Å². The van der Waals surface area contributed by atoms with Crippen LogP contribution in [0.5, 0.6) is 0 Å². The molecule has 7 heavy (non-hydrogen) atoms. The zero-order valence-electron chi connectivity index (χ0n) is 4.68.